The van der Waals surface area contributed by atoms with Gasteiger partial charge in [0.25, 0.3) is 0 Å². The molecule has 0 bridgehead atoms. The lowest BCUT2D eigenvalue weighted by atomic mass is 10.1. The maximum atomic E-state index is 11.5. The summed E-state index contributed by atoms with van der Waals surface area (Å²) in [5.41, 5.74) is 0. The van der Waals surface area contributed by atoms with Gasteiger partial charge in [-0.2, -0.15) is 0 Å². The molecule has 4 heteroatoms. The smallest absolute Gasteiger partial charge is 0.149 e. The topological polar surface area (TPSA) is 37.4 Å². The Kier molecular flexibility index (Phi) is 4.75. The molecule has 0 spiro atoms. The van der Waals surface area contributed by atoms with Crippen LogP contribution in [0.2, 0.25) is 0 Å². The standard InChI is InChI=1S/C10H19NO2S/c1-9(2)10(12)8-11-4-3-6-14(13)7-5-11/h9H,3-8H2,1-2H3. The normalized spacial score (nSPS) is 24.9. The van der Waals surface area contributed by atoms with Crippen LogP contribution in [0.15, 0.2) is 0 Å². The average Bonchev–Trinajstić information content (AvgIpc) is 2.31. The van der Waals surface area contributed by atoms with Gasteiger partial charge < -0.3 is 0 Å². The number of hydrogen-bond donors (Lipinski definition) is 0. The van der Waals surface area contributed by atoms with Crippen LogP contribution in [0.1, 0.15) is 20.3 Å². The van der Waals surface area contributed by atoms with Crippen molar-refractivity contribution in [2.45, 2.75) is 20.3 Å². The second kappa shape index (κ2) is 5.61. The second-order valence-corrected chi connectivity index (χ2v) is 5.79. The van der Waals surface area contributed by atoms with Crippen molar-refractivity contribution in [3.05, 3.63) is 0 Å². The van der Waals surface area contributed by atoms with Crippen molar-refractivity contribution < 1.29 is 9.00 Å². The Morgan fingerprint density at radius 1 is 1.36 bits per heavy atom. The molecular formula is C10H19NO2S. The van der Waals surface area contributed by atoms with Crippen LogP contribution in [0, 0.1) is 5.92 Å². The molecule has 0 aromatic carbocycles. The minimum absolute atomic E-state index is 0.115. The Bertz CT molecular complexity index is 228. The van der Waals surface area contributed by atoms with Crippen molar-refractivity contribution in [2.75, 3.05) is 31.1 Å². The Balaban J connectivity index is 2.37. The molecule has 3 nitrogen and oxygen atoms in total. The van der Waals surface area contributed by atoms with E-state index in [-0.39, 0.29) is 11.7 Å². The Hall–Kier alpha value is -0.220. The number of Topliss-reactive ketones (excluding diaryl/α,β-unsaturated/α-hetero) is 1. The lowest BCUT2D eigenvalue weighted by Crippen LogP contribution is -2.33. The Labute approximate surface area is 88.3 Å². The van der Waals surface area contributed by atoms with Gasteiger partial charge in [0.15, 0.2) is 0 Å². The van der Waals surface area contributed by atoms with Crippen LogP contribution >= 0.6 is 0 Å². The molecule has 0 N–H and O–H groups in total. The van der Waals surface area contributed by atoms with Crippen molar-refractivity contribution >= 4 is 16.6 Å². The highest BCUT2D eigenvalue weighted by Crippen LogP contribution is 2.04. The fourth-order valence-electron chi connectivity index (χ4n) is 1.46. The molecule has 0 radical (unpaired) electrons. The quantitative estimate of drug-likeness (QED) is 0.697. The van der Waals surface area contributed by atoms with Gasteiger partial charge in [-0.1, -0.05) is 13.8 Å². The third-order valence-corrected chi connectivity index (χ3v) is 3.89. The van der Waals surface area contributed by atoms with Crippen LogP contribution in [0.3, 0.4) is 0 Å². The molecule has 14 heavy (non-hydrogen) atoms. The van der Waals surface area contributed by atoms with E-state index in [0.717, 1.165) is 31.0 Å². The molecule has 0 aromatic heterocycles. The summed E-state index contributed by atoms with van der Waals surface area (Å²) in [6.45, 7) is 6.13. The van der Waals surface area contributed by atoms with E-state index in [2.05, 4.69) is 4.90 Å². The average molecular weight is 217 g/mol. The summed E-state index contributed by atoms with van der Waals surface area (Å²) < 4.78 is 11.2. The first-order chi connectivity index (χ1) is 6.59. The Morgan fingerprint density at radius 3 is 2.71 bits per heavy atom. The van der Waals surface area contributed by atoms with E-state index in [0.29, 0.717) is 6.54 Å². The lowest BCUT2D eigenvalue weighted by molar-refractivity contribution is -0.123. The number of hydrogen-bond acceptors (Lipinski definition) is 3. The first-order valence-electron chi connectivity index (χ1n) is 5.19. The monoisotopic (exact) mass is 217 g/mol. The zero-order chi connectivity index (χ0) is 10.6. The SMILES string of the molecule is CC(C)C(=O)CN1CCCS(=O)CC1. The van der Waals surface area contributed by atoms with E-state index >= 15 is 0 Å². The number of rotatable bonds is 3. The predicted octanol–water partition coefficient (Wildman–Crippen LogP) is 0.666. The molecule has 1 atom stereocenters. The molecule has 1 saturated heterocycles. The van der Waals surface area contributed by atoms with Gasteiger partial charge in [-0.15, -0.1) is 0 Å². The summed E-state index contributed by atoms with van der Waals surface area (Å²) in [4.78, 5) is 13.6. The molecule has 1 aliphatic rings. The maximum Gasteiger partial charge on any atom is 0.149 e. The van der Waals surface area contributed by atoms with Gasteiger partial charge in [0.2, 0.25) is 0 Å². The van der Waals surface area contributed by atoms with Crippen LogP contribution in [0.25, 0.3) is 0 Å². The van der Waals surface area contributed by atoms with E-state index in [1.807, 2.05) is 13.8 Å². The number of ketones is 1. The van der Waals surface area contributed by atoms with E-state index < -0.39 is 10.8 Å². The maximum absolute atomic E-state index is 11.5. The fourth-order valence-corrected chi connectivity index (χ4v) is 2.57. The largest absolute Gasteiger partial charge is 0.298 e. The summed E-state index contributed by atoms with van der Waals surface area (Å²) in [6, 6.07) is 0. The molecule has 1 fully saturated rings. The number of carbonyl (C=O) groups excluding carboxylic acids is 1. The van der Waals surface area contributed by atoms with Crippen molar-refractivity contribution in [3.63, 3.8) is 0 Å². The Morgan fingerprint density at radius 2 is 2.07 bits per heavy atom. The van der Waals surface area contributed by atoms with E-state index in [4.69, 9.17) is 0 Å². The highest BCUT2D eigenvalue weighted by atomic mass is 32.2. The molecule has 1 heterocycles. The third kappa shape index (κ3) is 3.88. The van der Waals surface area contributed by atoms with Gasteiger partial charge in [-0.05, 0) is 13.0 Å². The van der Waals surface area contributed by atoms with Crippen LogP contribution in [-0.4, -0.2) is 46.0 Å². The van der Waals surface area contributed by atoms with Gasteiger partial charge in [-0.3, -0.25) is 13.9 Å². The first kappa shape index (κ1) is 11.9. The zero-order valence-electron chi connectivity index (χ0n) is 8.99. The fraction of sp³-hybridized carbons (Fsp3) is 0.900. The van der Waals surface area contributed by atoms with Crippen molar-refractivity contribution in [2.24, 2.45) is 5.92 Å². The third-order valence-electron chi connectivity index (χ3n) is 2.50. The lowest BCUT2D eigenvalue weighted by Gasteiger charge is -2.19. The molecular weight excluding hydrogens is 198 g/mol. The van der Waals surface area contributed by atoms with Gasteiger partial charge in [0.1, 0.15) is 5.78 Å². The zero-order valence-corrected chi connectivity index (χ0v) is 9.81. The van der Waals surface area contributed by atoms with E-state index in [1.165, 1.54) is 0 Å². The van der Waals surface area contributed by atoms with E-state index in [9.17, 15) is 9.00 Å². The highest BCUT2D eigenvalue weighted by molar-refractivity contribution is 7.85. The minimum Gasteiger partial charge on any atom is -0.298 e. The molecule has 0 amide bonds. The first-order valence-corrected chi connectivity index (χ1v) is 6.68. The predicted molar refractivity (Wildman–Crippen MR) is 58.8 cm³/mol. The summed E-state index contributed by atoms with van der Waals surface area (Å²) in [5.74, 6) is 1.93. The van der Waals surface area contributed by atoms with Crippen molar-refractivity contribution in [3.8, 4) is 0 Å². The van der Waals surface area contributed by atoms with Crippen molar-refractivity contribution in [1.82, 2.24) is 4.90 Å². The van der Waals surface area contributed by atoms with Crippen LogP contribution in [-0.2, 0) is 15.6 Å². The molecule has 1 rings (SSSR count). The summed E-state index contributed by atoms with van der Waals surface area (Å²) in [5, 5.41) is 0. The van der Waals surface area contributed by atoms with Gasteiger partial charge in [0.05, 0.1) is 6.54 Å². The van der Waals surface area contributed by atoms with Crippen LogP contribution < -0.4 is 0 Å². The van der Waals surface area contributed by atoms with E-state index in [1.54, 1.807) is 0 Å². The molecule has 1 unspecified atom stereocenters. The molecule has 82 valence electrons. The van der Waals surface area contributed by atoms with Crippen LogP contribution in [0.5, 0.6) is 0 Å². The summed E-state index contributed by atoms with van der Waals surface area (Å²) in [6.07, 6.45) is 0.956. The number of nitrogens with zero attached hydrogens (tertiary/aromatic N) is 1. The minimum atomic E-state index is -0.657. The summed E-state index contributed by atoms with van der Waals surface area (Å²) >= 11 is 0. The second-order valence-electron chi connectivity index (χ2n) is 4.10. The van der Waals surface area contributed by atoms with Gasteiger partial charge in [-0.25, -0.2) is 0 Å². The molecule has 1 aliphatic heterocycles. The molecule has 0 saturated carbocycles. The van der Waals surface area contributed by atoms with Crippen molar-refractivity contribution in [1.29, 1.82) is 0 Å². The van der Waals surface area contributed by atoms with Crippen LogP contribution in [0.4, 0.5) is 0 Å². The molecule has 0 aliphatic carbocycles. The van der Waals surface area contributed by atoms with Gasteiger partial charge in [0, 0.05) is 34.8 Å². The number of carbonyl (C=O) groups is 1. The highest BCUT2D eigenvalue weighted by Gasteiger charge is 2.17. The molecule has 0 aromatic rings. The summed E-state index contributed by atoms with van der Waals surface area (Å²) in [7, 11) is -0.657. The van der Waals surface area contributed by atoms with Gasteiger partial charge >= 0.3 is 0 Å².